The molecule has 0 heterocycles. The minimum atomic E-state index is -0.972. The molecule has 0 fully saturated rings. The highest BCUT2D eigenvalue weighted by Crippen LogP contribution is 2.56. The summed E-state index contributed by atoms with van der Waals surface area (Å²) in [5.41, 5.74) is 13.8. The molecule has 0 amide bonds. The van der Waals surface area contributed by atoms with Crippen molar-refractivity contribution in [1.82, 2.24) is 0 Å². The van der Waals surface area contributed by atoms with E-state index in [0.29, 0.717) is 0 Å². The molecule has 0 saturated heterocycles. The Morgan fingerprint density at radius 2 is 0.796 bits per heavy atom. The van der Waals surface area contributed by atoms with Crippen molar-refractivity contribution in [3.63, 3.8) is 0 Å². The van der Waals surface area contributed by atoms with Gasteiger partial charge in [-0.25, -0.2) is 0 Å². The van der Waals surface area contributed by atoms with Gasteiger partial charge in [-0.3, -0.25) is 0 Å². The van der Waals surface area contributed by atoms with Gasteiger partial charge in [0.25, 0.3) is 0 Å². The highest BCUT2D eigenvalue weighted by molar-refractivity contribution is 5.90. The fraction of sp³-hybridized carbons (Fsp3) is 0.259. The lowest BCUT2D eigenvalue weighted by Crippen LogP contribution is -2.25. The molecule has 2 aliphatic carbocycles. The monoisotopic (exact) mass is 690 g/mol. The second-order valence-electron chi connectivity index (χ2n) is 13.9. The Morgan fingerprint density at radius 1 is 0.426 bits per heavy atom. The van der Waals surface area contributed by atoms with Crippen molar-refractivity contribution >= 4 is 0 Å². The fourth-order valence-corrected chi connectivity index (χ4v) is 7.95. The molecule has 0 atom stereocenters. The van der Waals surface area contributed by atoms with Crippen molar-refractivity contribution in [3.05, 3.63) is 106 Å². The highest BCUT2D eigenvalue weighted by Gasteiger charge is 2.43. The molecule has 0 unspecified atom stereocenters. The van der Waals surface area contributed by atoms with Gasteiger partial charge in [0, 0.05) is 5.41 Å². The second-order valence-corrected chi connectivity index (χ2v) is 13.9. The molecule has 0 aromatic heterocycles. The molecule has 6 rings (SSSR count). The van der Waals surface area contributed by atoms with Crippen LogP contribution in [-0.2, 0) is 10.8 Å². The third kappa shape index (κ3) is 7.20. The summed E-state index contributed by atoms with van der Waals surface area (Å²) in [6.07, 6.45) is 7.03. The van der Waals surface area contributed by atoms with E-state index in [1.54, 1.807) is 13.8 Å². The molecule has 0 nitrogen and oxygen atoms in total. The fourth-order valence-electron chi connectivity index (χ4n) is 7.95. The van der Waals surface area contributed by atoms with Crippen molar-refractivity contribution in [2.75, 3.05) is 0 Å². The first-order valence-electron chi connectivity index (χ1n) is 18.8. The third-order valence-corrected chi connectivity index (χ3v) is 10.4. The largest absolute Gasteiger partial charge is 0.145 e. The SMILES string of the molecule is CC#CC#CC#CC#CC1(C#CC#CC#CC#CC)c2cc(C)ccc2-c2ccc(-c3ccc4c(c3)C(CCCC)(CCCC)c3cc(C)ccc3-4)cc21. The van der Waals surface area contributed by atoms with E-state index in [9.17, 15) is 0 Å². The first kappa shape index (κ1) is 37.1. The van der Waals surface area contributed by atoms with Crippen LogP contribution in [0.15, 0.2) is 72.8 Å². The van der Waals surface area contributed by atoms with Crippen molar-refractivity contribution in [2.45, 2.75) is 90.9 Å². The molecule has 0 radical (unpaired) electrons. The Labute approximate surface area is 324 Å². The molecule has 0 saturated carbocycles. The van der Waals surface area contributed by atoms with Gasteiger partial charge in [0.05, 0.1) is 0 Å². The number of fused-ring (bicyclic) bond motifs is 6. The van der Waals surface area contributed by atoms with Crippen LogP contribution in [0, 0.1) is 109 Å². The number of hydrogen-bond donors (Lipinski definition) is 0. The maximum atomic E-state index is 3.51. The van der Waals surface area contributed by atoms with E-state index in [0.717, 1.165) is 46.2 Å². The van der Waals surface area contributed by atoms with Crippen LogP contribution in [0.25, 0.3) is 33.4 Å². The lowest BCUT2D eigenvalue weighted by atomic mass is 9.70. The van der Waals surface area contributed by atoms with E-state index in [4.69, 9.17) is 0 Å². The van der Waals surface area contributed by atoms with Crippen molar-refractivity contribution in [2.24, 2.45) is 0 Å². The second kappa shape index (κ2) is 16.8. The van der Waals surface area contributed by atoms with Crippen LogP contribution >= 0.6 is 0 Å². The summed E-state index contributed by atoms with van der Waals surface area (Å²) in [5, 5.41) is 0. The van der Waals surface area contributed by atoms with Gasteiger partial charge in [-0.05, 0) is 179 Å². The first-order chi connectivity index (χ1) is 26.4. The van der Waals surface area contributed by atoms with Crippen molar-refractivity contribution in [3.8, 4) is 128 Å². The van der Waals surface area contributed by atoms with Crippen LogP contribution in [-0.4, -0.2) is 0 Å². The standard InChI is InChI=1S/C54H42/c1-7-11-15-17-19-21-23-35-54(36-24-22-20-18-16-12-8-2)50-38-42(6)26-30-46(50)48-32-28-44(40-52(48)54)43-27-31-47-45-29-25-41(5)37-49(45)53(33-13-9-3,34-14-10-4)51(47)39-43/h25-32,37-40H,9-10,13-14,33-34H2,1-6H3. The summed E-state index contributed by atoms with van der Waals surface area (Å²) in [6, 6.07) is 27.5. The zero-order valence-electron chi connectivity index (χ0n) is 32.2. The normalized spacial score (nSPS) is 12.2. The lowest BCUT2D eigenvalue weighted by molar-refractivity contribution is 0.414. The Balaban J connectivity index is 1.56. The minimum absolute atomic E-state index is 0.00152. The summed E-state index contributed by atoms with van der Waals surface area (Å²) in [4.78, 5) is 0. The molecule has 0 aliphatic heterocycles. The quantitative estimate of drug-likeness (QED) is 0.169. The Morgan fingerprint density at radius 3 is 1.28 bits per heavy atom. The van der Waals surface area contributed by atoms with E-state index >= 15 is 0 Å². The molecule has 54 heavy (non-hydrogen) atoms. The van der Waals surface area contributed by atoms with Crippen molar-refractivity contribution in [1.29, 1.82) is 0 Å². The molecular formula is C54H42. The molecule has 258 valence electrons. The van der Waals surface area contributed by atoms with E-state index in [1.807, 2.05) is 0 Å². The molecule has 0 heteroatoms. The highest BCUT2D eigenvalue weighted by atomic mass is 14.5. The van der Waals surface area contributed by atoms with Crippen molar-refractivity contribution < 1.29 is 0 Å². The van der Waals surface area contributed by atoms with Crippen LogP contribution in [0.2, 0.25) is 0 Å². The molecule has 0 spiro atoms. The predicted molar refractivity (Wildman–Crippen MR) is 226 cm³/mol. The lowest BCUT2D eigenvalue weighted by Gasteiger charge is -2.33. The molecular weight excluding hydrogens is 649 g/mol. The van der Waals surface area contributed by atoms with Crippen LogP contribution in [0.5, 0.6) is 0 Å². The van der Waals surface area contributed by atoms with Gasteiger partial charge in [-0.15, -0.1) is 0 Å². The molecule has 4 aromatic carbocycles. The number of rotatable bonds is 7. The summed E-state index contributed by atoms with van der Waals surface area (Å²) in [5.74, 6) is 46.8. The van der Waals surface area contributed by atoms with E-state index in [2.05, 4.69) is 195 Å². The summed E-state index contributed by atoms with van der Waals surface area (Å²) < 4.78 is 0. The smallest absolute Gasteiger partial charge is 0.0925 e. The van der Waals surface area contributed by atoms with Gasteiger partial charge in [0.1, 0.15) is 5.41 Å². The van der Waals surface area contributed by atoms with Gasteiger partial charge >= 0.3 is 0 Å². The topological polar surface area (TPSA) is 0 Å². The Hall–Kier alpha value is -6.64. The van der Waals surface area contributed by atoms with E-state index in [-0.39, 0.29) is 5.41 Å². The van der Waals surface area contributed by atoms with Gasteiger partial charge in [-0.2, -0.15) is 0 Å². The zero-order chi connectivity index (χ0) is 38.0. The number of benzene rings is 4. The summed E-state index contributed by atoms with van der Waals surface area (Å²) in [7, 11) is 0. The van der Waals surface area contributed by atoms with Crippen LogP contribution in [0.4, 0.5) is 0 Å². The summed E-state index contributed by atoms with van der Waals surface area (Å²) in [6.45, 7) is 12.4. The first-order valence-corrected chi connectivity index (χ1v) is 18.8. The van der Waals surface area contributed by atoms with Crippen LogP contribution in [0.1, 0.15) is 99.6 Å². The average molecular weight is 691 g/mol. The maximum absolute atomic E-state index is 3.51. The average Bonchev–Trinajstić information content (AvgIpc) is 3.60. The Bertz CT molecular complexity index is 2590. The molecule has 0 N–H and O–H groups in total. The maximum Gasteiger partial charge on any atom is 0.145 e. The van der Waals surface area contributed by atoms with Gasteiger partial charge < -0.3 is 0 Å². The predicted octanol–water partition coefficient (Wildman–Crippen LogP) is 11.0. The van der Waals surface area contributed by atoms with Crippen LogP contribution in [0.3, 0.4) is 0 Å². The molecule has 0 bridgehead atoms. The third-order valence-electron chi connectivity index (χ3n) is 10.4. The van der Waals surface area contributed by atoms with E-state index in [1.165, 1.54) is 59.1 Å². The summed E-state index contributed by atoms with van der Waals surface area (Å²) >= 11 is 0. The minimum Gasteiger partial charge on any atom is -0.0925 e. The van der Waals surface area contributed by atoms with Gasteiger partial charge in [-0.1, -0.05) is 135 Å². The Kier molecular flexibility index (Phi) is 11.5. The van der Waals surface area contributed by atoms with Crippen LogP contribution < -0.4 is 0 Å². The van der Waals surface area contributed by atoms with Gasteiger partial charge in [0.15, 0.2) is 0 Å². The van der Waals surface area contributed by atoms with Gasteiger partial charge in [0.2, 0.25) is 0 Å². The van der Waals surface area contributed by atoms with E-state index < -0.39 is 5.41 Å². The molecule has 2 aliphatic rings. The zero-order valence-corrected chi connectivity index (χ0v) is 32.2. The number of hydrogen-bond acceptors (Lipinski definition) is 0. The molecule has 4 aromatic rings. The number of aryl methyl sites for hydroxylation is 2. The number of unbranched alkanes of at least 4 members (excludes halogenated alkanes) is 2.